The van der Waals surface area contributed by atoms with Gasteiger partial charge in [-0.2, -0.15) is 0 Å². The van der Waals surface area contributed by atoms with Gasteiger partial charge in [-0.25, -0.2) is 9.80 Å². The van der Waals surface area contributed by atoms with E-state index in [1.165, 1.54) is 30.5 Å². The highest BCUT2D eigenvalue weighted by molar-refractivity contribution is 6.42. The molecule has 0 radical (unpaired) electrons. The lowest BCUT2D eigenvalue weighted by Crippen LogP contribution is -2.49. The highest BCUT2D eigenvalue weighted by Crippen LogP contribution is 2.26. The Morgan fingerprint density at radius 2 is 1.95 bits per heavy atom. The van der Waals surface area contributed by atoms with E-state index in [-0.39, 0.29) is 10.7 Å². The molecule has 21 heavy (non-hydrogen) atoms. The van der Waals surface area contributed by atoms with Gasteiger partial charge in [-0.3, -0.25) is 10.2 Å². The molecule has 1 aromatic carbocycles. The quantitative estimate of drug-likeness (QED) is 0.830. The van der Waals surface area contributed by atoms with E-state index in [0.29, 0.717) is 16.3 Å². The molecule has 0 aliphatic heterocycles. The van der Waals surface area contributed by atoms with Crippen LogP contribution in [0, 0.1) is 6.92 Å². The molecule has 0 saturated carbocycles. The summed E-state index contributed by atoms with van der Waals surface area (Å²) >= 11 is 11.7. The number of halogens is 2. The maximum absolute atomic E-state index is 12.1. The number of nitrogens with one attached hydrogen (secondary N) is 1. The summed E-state index contributed by atoms with van der Waals surface area (Å²) in [5.41, 5.74) is 8.23. The lowest BCUT2D eigenvalue weighted by atomic mass is 10.2. The van der Waals surface area contributed by atoms with Crippen molar-refractivity contribution in [3.8, 4) is 0 Å². The van der Waals surface area contributed by atoms with Gasteiger partial charge in [0.05, 0.1) is 27.6 Å². The van der Waals surface area contributed by atoms with Crippen molar-refractivity contribution in [3.05, 3.63) is 51.9 Å². The predicted octanol–water partition coefficient (Wildman–Crippen LogP) is 3.12. The largest absolute Gasteiger partial charge is 0.469 e. The van der Waals surface area contributed by atoms with Crippen molar-refractivity contribution >= 4 is 40.8 Å². The number of primary amides is 1. The molecule has 1 heterocycles. The van der Waals surface area contributed by atoms with E-state index < -0.39 is 11.9 Å². The number of carbonyl (C=O) groups excluding carboxylic acids is 2. The standard InChI is InChI=1S/C13H11Cl2N3O3/c1-7-9(4-5-21-7)12(19)17-18(13(16)20)8-2-3-10(14)11(15)6-8/h2-6H,1H3,(H2,16,20)(H,17,19). The summed E-state index contributed by atoms with van der Waals surface area (Å²) in [7, 11) is 0. The van der Waals surface area contributed by atoms with E-state index >= 15 is 0 Å². The number of anilines is 1. The number of aryl methyl sites for hydroxylation is 1. The van der Waals surface area contributed by atoms with Gasteiger partial charge in [0.15, 0.2) is 0 Å². The summed E-state index contributed by atoms with van der Waals surface area (Å²) in [6, 6.07) is 5.02. The highest BCUT2D eigenvalue weighted by atomic mass is 35.5. The minimum absolute atomic E-state index is 0.231. The van der Waals surface area contributed by atoms with E-state index in [2.05, 4.69) is 5.43 Å². The Hall–Kier alpha value is -2.18. The maximum Gasteiger partial charge on any atom is 0.338 e. The Bertz CT molecular complexity index is 700. The van der Waals surface area contributed by atoms with Crippen LogP contribution in [0.4, 0.5) is 10.5 Å². The third-order valence-corrected chi connectivity index (χ3v) is 3.44. The van der Waals surface area contributed by atoms with Crippen LogP contribution in [0.1, 0.15) is 16.1 Å². The molecule has 110 valence electrons. The van der Waals surface area contributed by atoms with Gasteiger partial charge >= 0.3 is 6.03 Å². The molecule has 0 aliphatic carbocycles. The Morgan fingerprint density at radius 1 is 1.24 bits per heavy atom. The second kappa shape index (κ2) is 6.07. The van der Waals surface area contributed by atoms with Gasteiger partial charge < -0.3 is 10.2 Å². The molecule has 0 aliphatic rings. The average molecular weight is 328 g/mol. The fourth-order valence-electron chi connectivity index (χ4n) is 1.65. The number of hydrogen-bond acceptors (Lipinski definition) is 3. The number of urea groups is 1. The van der Waals surface area contributed by atoms with Crippen molar-refractivity contribution in [2.24, 2.45) is 5.73 Å². The van der Waals surface area contributed by atoms with E-state index in [1.807, 2.05) is 0 Å². The van der Waals surface area contributed by atoms with Crippen molar-refractivity contribution < 1.29 is 14.0 Å². The Morgan fingerprint density at radius 3 is 2.48 bits per heavy atom. The molecule has 0 bridgehead atoms. The van der Waals surface area contributed by atoms with Crippen molar-refractivity contribution in [3.63, 3.8) is 0 Å². The van der Waals surface area contributed by atoms with Crippen molar-refractivity contribution in [1.82, 2.24) is 5.43 Å². The first-order valence-electron chi connectivity index (χ1n) is 5.80. The van der Waals surface area contributed by atoms with E-state index in [9.17, 15) is 9.59 Å². The normalized spacial score (nSPS) is 10.2. The minimum atomic E-state index is -0.872. The van der Waals surface area contributed by atoms with E-state index in [1.54, 1.807) is 6.92 Å². The summed E-state index contributed by atoms with van der Waals surface area (Å²) in [6.07, 6.45) is 1.37. The zero-order valence-corrected chi connectivity index (χ0v) is 12.4. The number of amides is 3. The number of hydrogen-bond donors (Lipinski definition) is 2. The second-order valence-electron chi connectivity index (χ2n) is 4.10. The first-order valence-corrected chi connectivity index (χ1v) is 6.55. The van der Waals surface area contributed by atoms with Gasteiger partial charge in [-0.1, -0.05) is 23.2 Å². The summed E-state index contributed by atoms with van der Waals surface area (Å²) < 4.78 is 5.03. The van der Waals surface area contributed by atoms with Crippen LogP contribution >= 0.6 is 23.2 Å². The molecule has 0 atom stereocenters. The minimum Gasteiger partial charge on any atom is -0.469 e. The van der Waals surface area contributed by atoms with E-state index in [0.717, 1.165) is 5.01 Å². The molecular formula is C13H11Cl2N3O3. The van der Waals surface area contributed by atoms with Crippen LogP contribution in [0.25, 0.3) is 0 Å². The fourth-order valence-corrected chi connectivity index (χ4v) is 1.95. The molecule has 2 aromatic rings. The number of nitrogens with zero attached hydrogens (tertiary/aromatic N) is 1. The van der Waals surface area contributed by atoms with Gasteiger partial charge in [-0.15, -0.1) is 0 Å². The van der Waals surface area contributed by atoms with Gasteiger partial charge in [0.25, 0.3) is 5.91 Å². The number of hydrazine groups is 1. The summed E-state index contributed by atoms with van der Waals surface area (Å²) in [5, 5.41) is 1.42. The van der Waals surface area contributed by atoms with Crippen LogP contribution in [-0.4, -0.2) is 11.9 Å². The predicted molar refractivity (Wildman–Crippen MR) is 79.4 cm³/mol. The number of benzene rings is 1. The molecule has 8 heteroatoms. The van der Waals surface area contributed by atoms with Crippen molar-refractivity contribution in [1.29, 1.82) is 0 Å². The number of furan rings is 1. The molecule has 0 saturated heterocycles. The lowest BCUT2D eigenvalue weighted by Gasteiger charge is -2.21. The third-order valence-electron chi connectivity index (χ3n) is 2.70. The van der Waals surface area contributed by atoms with E-state index in [4.69, 9.17) is 33.4 Å². The smallest absolute Gasteiger partial charge is 0.338 e. The van der Waals surface area contributed by atoms with Gasteiger partial charge in [0.1, 0.15) is 5.76 Å². The van der Waals surface area contributed by atoms with Crippen LogP contribution in [0.2, 0.25) is 10.0 Å². The molecule has 0 fully saturated rings. The third kappa shape index (κ3) is 3.29. The highest BCUT2D eigenvalue weighted by Gasteiger charge is 2.19. The first kappa shape index (κ1) is 15.2. The molecule has 3 N–H and O–H groups in total. The van der Waals surface area contributed by atoms with Crippen molar-refractivity contribution in [2.75, 3.05) is 5.01 Å². The zero-order chi connectivity index (χ0) is 15.6. The maximum atomic E-state index is 12.1. The van der Waals surface area contributed by atoms with Crippen LogP contribution in [0.3, 0.4) is 0 Å². The SMILES string of the molecule is Cc1occc1C(=O)NN(C(N)=O)c1ccc(Cl)c(Cl)c1. The second-order valence-corrected chi connectivity index (χ2v) is 4.92. The number of rotatable bonds is 2. The first-order chi connectivity index (χ1) is 9.90. The van der Waals surface area contributed by atoms with Crippen molar-refractivity contribution in [2.45, 2.75) is 6.92 Å². The van der Waals surface area contributed by atoms with Gasteiger partial charge in [-0.05, 0) is 31.2 Å². The summed E-state index contributed by atoms with van der Waals surface area (Å²) in [5.74, 6) is -0.114. The Labute approximate surface area is 130 Å². The monoisotopic (exact) mass is 327 g/mol. The fraction of sp³-hybridized carbons (Fsp3) is 0.0769. The van der Waals surface area contributed by atoms with Gasteiger partial charge in [0, 0.05) is 0 Å². The van der Waals surface area contributed by atoms with Crippen LogP contribution in [-0.2, 0) is 0 Å². The summed E-state index contributed by atoms with van der Waals surface area (Å²) in [6.45, 7) is 1.63. The molecule has 3 amide bonds. The van der Waals surface area contributed by atoms with Crippen LogP contribution < -0.4 is 16.2 Å². The molecule has 2 rings (SSSR count). The molecule has 1 aromatic heterocycles. The number of nitrogens with two attached hydrogens (primary N) is 1. The Balaban J connectivity index is 2.28. The molecular weight excluding hydrogens is 317 g/mol. The molecule has 0 unspecified atom stereocenters. The average Bonchev–Trinajstić information content (AvgIpc) is 2.85. The van der Waals surface area contributed by atoms with Crippen LogP contribution in [0.15, 0.2) is 34.9 Å². The molecule has 0 spiro atoms. The van der Waals surface area contributed by atoms with Crippen LogP contribution in [0.5, 0.6) is 0 Å². The molecule has 6 nitrogen and oxygen atoms in total. The topological polar surface area (TPSA) is 88.6 Å². The van der Waals surface area contributed by atoms with Gasteiger partial charge in [0.2, 0.25) is 0 Å². The lowest BCUT2D eigenvalue weighted by molar-refractivity contribution is 0.0949. The summed E-state index contributed by atoms with van der Waals surface area (Å²) in [4.78, 5) is 23.6. The number of carbonyl (C=O) groups is 2. The Kier molecular flexibility index (Phi) is 4.40. The zero-order valence-electron chi connectivity index (χ0n) is 10.9.